The second-order valence-electron chi connectivity index (χ2n) is 9.98. The third kappa shape index (κ3) is 6.77. The molecule has 0 radical (unpaired) electrons. The first-order valence-corrected chi connectivity index (χ1v) is 14.3. The van der Waals surface area contributed by atoms with Crippen LogP contribution in [-0.4, -0.2) is 55.8 Å². The van der Waals surface area contributed by atoms with Gasteiger partial charge in [-0.3, -0.25) is 19.8 Å². The molecule has 1 saturated heterocycles. The van der Waals surface area contributed by atoms with E-state index in [0.717, 1.165) is 0 Å². The number of non-ortho nitro benzene ring substituents is 1. The highest BCUT2D eigenvalue weighted by molar-refractivity contribution is 6.48. The number of amides is 1. The molecule has 1 unspecified atom stereocenters. The Balaban J connectivity index is 2.31. The number of hydrogen-bond donors (Lipinski definition) is 1. The lowest BCUT2D eigenvalue weighted by atomic mass is 9.78. The molecule has 1 aromatic rings. The highest BCUT2D eigenvalue weighted by Crippen LogP contribution is 2.45. The third-order valence-corrected chi connectivity index (χ3v) is 6.94. The van der Waals surface area contributed by atoms with Crippen LogP contribution < -0.4 is 5.73 Å². The van der Waals surface area contributed by atoms with E-state index in [1.807, 2.05) is 13.1 Å². The lowest BCUT2D eigenvalue weighted by Crippen LogP contribution is -2.62. The average Bonchev–Trinajstić information content (AvgIpc) is 3.13. The van der Waals surface area contributed by atoms with Crippen molar-refractivity contribution >= 4 is 26.8 Å². The molecule has 2 N–H and O–H groups in total. The number of ether oxygens (including phenoxy) is 2. The first-order chi connectivity index (χ1) is 15.8. The van der Waals surface area contributed by atoms with E-state index in [-0.39, 0.29) is 36.7 Å². The summed E-state index contributed by atoms with van der Waals surface area (Å²) in [6.07, 6.45) is -0.202. The van der Waals surface area contributed by atoms with Gasteiger partial charge in [0.2, 0.25) is 0 Å². The summed E-state index contributed by atoms with van der Waals surface area (Å²) >= 11 is 0. The number of esters is 1. The summed E-state index contributed by atoms with van der Waals surface area (Å²) in [5, 5.41) is 10.9. The zero-order valence-electron chi connectivity index (χ0n) is 20.9. The summed E-state index contributed by atoms with van der Waals surface area (Å²) in [5.74, 6) is -0.373. The monoisotopic (exact) mass is 495 g/mol. The van der Waals surface area contributed by atoms with Crippen LogP contribution in [0.25, 0.3) is 0 Å². The normalized spacial score (nSPS) is 21.4. The van der Waals surface area contributed by atoms with Crippen molar-refractivity contribution in [3.05, 3.63) is 39.9 Å². The maximum Gasteiger partial charge on any atom is 0.412 e. The molecular formula is C23H37N3O7Si. The van der Waals surface area contributed by atoms with E-state index in [9.17, 15) is 19.7 Å². The molecule has 1 fully saturated rings. The molecule has 34 heavy (non-hydrogen) atoms. The molecular weight excluding hydrogens is 458 g/mol. The van der Waals surface area contributed by atoms with Gasteiger partial charge < -0.3 is 19.6 Å². The maximum absolute atomic E-state index is 13.3. The van der Waals surface area contributed by atoms with Gasteiger partial charge in [0.05, 0.1) is 24.0 Å². The summed E-state index contributed by atoms with van der Waals surface area (Å²) in [6, 6.07) is 5.03. The van der Waals surface area contributed by atoms with Crippen molar-refractivity contribution in [2.45, 2.75) is 72.0 Å². The Morgan fingerprint density at radius 1 is 1.26 bits per heavy atom. The van der Waals surface area contributed by atoms with Crippen molar-refractivity contribution in [3.8, 4) is 0 Å². The third-order valence-electron chi connectivity index (χ3n) is 6.06. The van der Waals surface area contributed by atoms with Crippen LogP contribution >= 0.6 is 0 Å². The van der Waals surface area contributed by atoms with Gasteiger partial charge >= 0.3 is 12.1 Å². The molecule has 2 rings (SSSR count). The van der Waals surface area contributed by atoms with Gasteiger partial charge in [0.25, 0.3) is 5.69 Å². The van der Waals surface area contributed by atoms with E-state index >= 15 is 0 Å². The van der Waals surface area contributed by atoms with Crippen LogP contribution in [0, 0.1) is 21.4 Å². The van der Waals surface area contributed by atoms with Crippen LogP contribution in [-0.2, 0) is 25.3 Å². The smallest absolute Gasteiger partial charge is 0.412 e. The van der Waals surface area contributed by atoms with Crippen LogP contribution in [0.4, 0.5) is 10.5 Å². The quantitative estimate of drug-likeness (QED) is 0.238. The average molecular weight is 496 g/mol. The van der Waals surface area contributed by atoms with Crippen LogP contribution in [0.1, 0.15) is 46.1 Å². The number of nitrogens with zero attached hydrogens (tertiary/aromatic N) is 2. The minimum atomic E-state index is -1.71. The summed E-state index contributed by atoms with van der Waals surface area (Å²) < 4.78 is 17.1. The highest BCUT2D eigenvalue weighted by atomic mass is 28.3. The van der Waals surface area contributed by atoms with Crippen molar-refractivity contribution in [1.82, 2.24) is 4.90 Å². The minimum Gasteiger partial charge on any atom is -0.466 e. The van der Waals surface area contributed by atoms with Gasteiger partial charge in [-0.05, 0) is 49.0 Å². The van der Waals surface area contributed by atoms with Crippen LogP contribution in [0.15, 0.2) is 24.3 Å². The summed E-state index contributed by atoms with van der Waals surface area (Å²) in [4.78, 5) is 37.5. The van der Waals surface area contributed by atoms with E-state index in [0.29, 0.717) is 18.5 Å². The topological polar surface area (TPSA) is 134 Å². The summed E-state index contributed by atoms with van der Waals surface area (Å²) in [6.45, 7) is 12.5. The summed E-state index contributed by atoms with van der Waals surface area (Å²) in [5.41, 5.74) is 5.82. The SMILES string of the molecule is CCOC(=O)CC(N)[C@@]1(O[SiH](C)C)C[C@H](C(C)(C)C)CN1C(=O)OCc1ccc([N+](=O)[O-])cc1. The zero-order valence-corrected chi connectivity index (χ0v) is 22.1. The number of hydrogen-bond acceptors (Lipinski definition) is 8. The maximum atomic E-state index is 13.3. The fraction of sp³-hybridized carbons (Fsp3) is 0.652. The fourth-order valence-corrected chi connectivity index (χ4v) is 5.38. The Hall–Kier alpha value is -2.50. The number of benzene rings is 1. The second-order valence-corrected chi connectivity index (χ2v) is 12.3. The predicted octanol–water partition coefficient (Wildman–Crippen LogP) is 3.58. The molecule has 1 aliphatic rings. The van der Waals surface area contributed by atoms with Gasteiger partial charge in [0.1, 0.15) is 6.61 Å². The van der Waals surface area contributed by atoms with Crippen molar-refractivity contribution in [1.29, 1.82) is 0 Å². The molecule has 3 atom stereocenters. The van der Waals surface area contributed by atoms with Crippen molar-refractivity contribution < 1.29 is 28.4 Å². The van der Waals surface area contributed by atoms with Gasteiger partial charge in [0, 0.05) is 25.1 Å². The van der Waals surface area contributed by atoms with E-state index in [4.69, 9.17) is 19.6 Å². The number of carbonyl (C=O) groups is 2. The van der Waals surface area contributed by atoms with Gasteiger partial charge in [0.15, 0.2) is 14.8 Å². The molecule has 0 aromatic heterocycles. The largest absolute Gasteiger partial charge is 0.466 e. The Bertz CT molecular complexity index is 872. The first-order valence-electron chi connectivity index (χ1n) is 11.6. The molecule has 0 spiro atoms. The molecule has 11 heteroatoms. The number of nitro benzene ring substituents is 1. The van der Waals surface area contributed by atoms with Crippen LogP contribution in [0.3, 0.4) is 0 Å². The molecule has 1 aromatic carbocycles. The standard InChI is InChI=1S/C23H37N3O7Si/c1-7-31-20(27)12-19(24)23(33-34(5)6)13-17(22(2,3)4)14-25(23)21(28)32-15-16-8-10-18(11-9-16)26(29)30/h8-11,17,19,34H,7,12-15,24H2,1-6H3/t17-,19?,23-/m0/s1. The molecule has 1 aliphatic heterocycles. The predicted molar refractivity (Wildman–Crippen MR) is 129 cm³/mol. The van der Waals surface area contributed by atoms with Crippen molar-refractivity contribution in [2.24, 2.45) is 17.1 Å². The molecule has 1 heterocycles. The van der Waals surface area contributed by atoms with E-state index in [1.165, 1.54) is 17.0 Å². The number of nitro groups is 1. The number of rotatable bonds is 9. The van der Waals surface area contributed by atoms with E-state index in [2.05, 4.69) is 20.8 Å². The van der Waals surface area contributed by atoms with Crippen LogP contribution in [0.5, 0.6) is 0 Å². The Morgan fingerprint density at radius 2 is 1.88 bits per heavy atom. The molecule has 10 nitrogen and oxygen atoms in total. The fourth-order valence-electron chi connectivity index (χ4n) is 4.17. The second kappa shape index (κ2) is 11.3. The van der Waals surface area contributed by atoms with E-state index < -0.39 is 37.8 Å². The van der Waals surface area contributed by atoms with Gasteiger partial charge in [-0.15, -0.1) is 0 Å². The lowest BCUT2D eigenvalue weighted by molar-refractivity contribution is -0.384. The number of likely N-dealkylation sites (tertiary alicyclic amines) is 1. The Labute approximate surface area is 202 Å². The molecule has 0 bridgehead atoms. The Kier molecular flexibility index (Phi) is 9.20. The van der Waals surface area contributed by atoms with Gasteiger partial charge in [-0.1, -0.05) is 20.8 Å². The zero-order chi connectivity index (χ0) is 25.7. The van der Waals surface area contributed by atoms with Gasteiger partial charge in [-0.2, -0.15) is 0 Å². The van der Waals surface area contributed by atoms with Crippen molar-refractivity contribution in [3.63, 3.8) is 0 Å². The Morgan fingerprint density at radius 3 is 2.38 bits per heavy atom. The van der Waals surface area contributed by atoms with Gasteiger partial charge in [-0.25, -0.2) is 4.79 Å². The lowest BCUT2D eigenvalue weighted by Gasteiger charge is -2.43. The number of nitrogens with two attached hydrogens (primary N) is 1. The van der Waals surface area contributed by atoms with E-state index in [1.54, 1.807) is 19.1 Å². The minimum absolute atomic E-state index is 0.0399. The molecule has 190 valence electrons. The van der Waals surface area contributed by atoms with Crippen molar-refractivity contribution in [2.75, 3.05) is 13.2 Å². The molecule has 1 amide bonds. The molecule has 0 saturated carbocycles. The first kappa shape index (κ1) is 27.7. The van der Waals surface area contributed by atoms with Crippen LogP contribution in [0.2, 0.25) is 13.1 Å². The number of carbonyl (C=O) groups excluding carboxylic acids is 2. The highest BCUT2D eigenvalue weighted by Gasteiger charge is 2.56. The summed E-state index contributed by atoms with van der Waals surface area (Å²) in [7, 11) is -1.71. The molecule has 0 aliphatic carbocycles.